The Hall–Kier alpha value is -3.46. The van der Waals surface area contributed by atoms with Crippen LogP contribution in [0, 0.1) is 4.77 Å². The molecule has 0 amide bonds. The maximum absolute atomic E-state index is 10.4. The fraction of sp³-hybridized carbons (Fsp3) is 0.158. The van der Waals surface area contributed by atoms with E-state index in [1.165, 1.54) is 4.68 Å². The Bertz CT molecular complexity index is 1040. The molecular formula is C19H17N4O4S-. The van der Waals surface area contributed by atoms with Crippen LogP contribution in [0.5, 0.6) is 11.5 Å². The minimum absolute atomic E-state index is 0.339. The summed E-state index contributed by atoms with van der Waals surface area (Å²) in [7, 11) is 0. The number of benzene rings is 2. The van der Waals surface area contributed by atoms with E-state index in [2.05, 4.69) is 15.3 Å². The molecule has 144 valence electrons. The first-order valence-corrected chi connectivity index (χ1v) is 8.86. The highest BCUT2D eigenvalue weighted by molar-refractivity contribution is 7.71. The quantitative estimate of drug-likeness (QED) is 0.461. The smallest absolute Gasteiger partial charge is 0.216 e. The van der Waals surface area contributed by atoms with Crippen molar-refractivity contribution in [2.24, 2.45) is 5.10 Å². The highest BCUT2D eigenvalue weighted by Crippen LogP contribution is 2.28. The molecule has 0 atom stereocenters. The van der Waals surface area contributed by atoms with Crippen LogP contribution >= 0.6 is 12.2 Å². The summed E-state index contributed by atoms with van der Waals surface area (Å²) in [5, 5.41) is 21.9. The molecule has 9 heteroatoms. The number of rotatable bonds is 8. The van der Waals surface area contributed by atoms with E-state index in [0.717, 1.165) is 11.1 Å². The van der Waals surface area contributed by atoms with E-state index in [4.69, 9.17) is 21.7 Å². The van der Waals surface area contributed by atoms with E-state index in [9.17, 15) is 9.90 Å². The summed E-state index contributed by atoms with van der Waals surface area (Å²) in [4.78, 5) is 10.4. The molecule has 3 rings (SSSR count). The molecule has 0 fully saturated rings. The van der Waals surface area contributed by atoms with Crippen LogP contribution in [0.4, 0.5) is 0 Å². The van der Waals surface area contributed by atoms with E-state index in [1.807, 2.05) is 31.2 Å². The van der Waals surface area contributed by atoms with E-state index >= 15 is 0 Å². The molecule has 1 N–H and O–H groups in total. The Morgan fingerprint density at radius 1 is 1.25 bits per heavy atom. The number of aromatic amines is 1. The Morgan fingerprint density at radius 3 is 2.71 bits per heavy atom. The lowest BCUT2D eigenvalue weighted by Crippen LogP contribution is -2.28. The lowest BCUT2D eigenvalue weighted by atomic mass is 10.2. The Balaban J connectivity index is 1.85. The number of hydrogen-bond acceptors (Lipinski definition) is 7. The molecule has 0 saturated heterocycles. The fourth-order valence-electron chi connectivity index (χ4n) is 2.42. The summed E-state index contributed by atoms with van der Waals surface area (Å²) in [6.07, 6.45) is 1.61. The third-order valence-corrected chi connectivity index (χ3v) is 3.90. The van der Waals surface area contributed by atoms with Crippen LogP contribution in [-0.2, 0) is 4.79 Å². The van der Waals surface area contributed by atoms with Gasteiger partial charge < -0.3 is 19.4 Å². The number of carboxylic acids is 1. The van der Waals surface area contributed by atoms with Gasteiger partial charge in [0.25, 0.3) is 0 Å². The molecular weight excluding hydrogens is 380 g/mol. The van der Waals surface area contributed by atoms with E-state index in [-0.39, 0.29) is 0 Å². The van der Waals surface area contributed by atoms with Crippen LogP contribution in [0.25, 0.3) is 11.4 Å². The van der Waals surface area contributed by atoms with Gasteiger partial charge in [-0.2, -0.15) is 14.9 Å². The van der Waals surface area contributed by atoms with Crippen LogP contribution in [-0.4, -0.2) is 40.3 Å². The number of carboxylic acid groups (broad SMARTS) is 1. The number of carbonyl (C=O) groups is 1. The molecule has 0 radical (unpaired) electrons. The van der Waals surface area contributed by atoms with Gasteiger partial charge in [-0.05, 0) is 61.1 Å². The van der Waals surface area contributed by atoms with Crippen molar-refractivity contribution in [2.75, 3.05) is 13.2 Å². The lowest BCUT2D eigenvalue weighted by molar-refractivity contribution is -0.307. The van der Waals surface area contributed by atoms with Crippen LogP contribution < -0.4 is 14.6 Å². The zero-order valence-electron chi connectivity index (χ0n) is 15.0. The summed E-state index contributed by atoms with van der Waals surface area (Å²) >= 11 is 5.28. The number of carbonyl (C=O) groups excluding carboxylic acids is 1. The second-order valence-corrected chi connectivity index (χ2v) is 5.95. The van der Waals surface area contributed by atoms with Gasteiger partial charge in [0.05, 0.1) is 24.4 Å². The summed E-state index contributed by atoms with van der Waals surface area (Å²) in [6.45, 7) is 1.93. The summed E-state index contributed by atoms with van der Waals surface area (Å²) < 4.78 is 12.6. The summed E-state index contributed by atoms with van der Waals surface area (Å²) in [5.74, 6) is 0.358. The van der Waals surface area contributed by atoms with Crippen molar-refractivity contribution >= 4 is 24.4 Å². The zero-order valence-corrected chi connectivity index (χ0v) is 15.8. The van der Waals surface area contributed by atoms with Crippen LogP contribution in [0.1, 0.15) is 12.5 Å². The van der Waals surface area contributed by atoms with Crippen molar-refractivity contribution < 1.29 is 19.4 Å². The van der Waals surface area contributed by atoms with Crippen LogP contribution in [0.3, 0.4) is 0 Å². The number of para-hydroxylation sites is 1. The van der Waals surface area contributed by atoms with Gasteiger partial charge in [0.1, 0.15) is 18.1 Å². The average Bonchev–Trinajstić information content (AvgIpc) is 3.06. The van der Waals surface area contributed by atoms with Crippen molar-refractivity contribution in [3.63, 3.8) is 0 Å². The molecule has 1 heterocycles. The van der Waals surface area contributed by atoms with Crippen molar-refractivity contribution in [1.82, 2.24) is 14.9 Å². The molecule has 1 aromatic heterocycles. The molecule has 0 unspecified atom stereocenters. The minimum Gasteiger partial charge on any atom is -0.546 e. The number of H-pyrrole nitrogens is 1. The number of nitrogens with one attached hydrogen (secondary N) is 1. The molecule has 0 spiro atoms. The van der Waals surface area contributed by atoms with Gasteiger partial charge in [0, 0.05) is 0 Å². The van der Waals surface area contributed by atoms with Gasteiger partial charge in [-0.15, -0.1) is 0 Å². The largest absolute Gasteiger partial charge is 0.546 e. The number of aliphatic carboxylic acids is 1. The zero-order chi connectivity index (χ0) is 19.9. The average molecular weight is 397 g/mol. The summed E-state index contributed by atoms with van der Waals surface area (Å²) in [6, 6.07) is 14.3. The standard InChI is InChI=1S/C19H18N4O4S/c1-2-26-16-6-4-3-5-15(16)18-21-22-19(28)23(18)20-11-13-7-9-14(10-8-13)27-12-17(24)25/h3-11H,2,12H2,1H3,(H,22,28)(H,24,25)/p-1/b20-11-. The third-order valence-electron chi connectivity index (χ3n) is 3.64. The van der Waals surface area contributed by atoms with E-state index in [0.29, 0.717) is 28.7 Å². The van der Waals surface area contributed by atoms with Gasteiger partial charge >= 0.3 is 0 Å². The fourth-order valence-corrected chi connectivity index (χ4v) is 2.60. The van der Waals surface area contributed by atoms with Gasteiger partial charge in [0.2, 0.25) is 4.77 Å². The first-order chi connectivity index (χ1) is 13.6. The number of nitrogens with zero attached hydrogens (tertiary/aromatic N) is 3. The highest BCUT2D eigenvalue weighted by atomic mass is 32.1. The SMILES string of the molecule is CCOc1ccccc1-c1n[nH]c(=S)n1/N=C\c1ccc(OCC(=O)[O-])cc1. The van der Waals surface area contributed by atoms with Gasteiger partial charge in [0.15, 0.2) is 5.82 Å². The minimum atomic E-state index is -1.28. The topological polar surface area (TPSA) is 105 Å². The number of ether oxygens (including phenoxy) is 2. The monoisotopic (exact) mass is 397 g/mol. The van der Waals surface area contributed by atoms with Crippen molar-refractivity contribution in [3.8, 4) is 22.9 Å². The second kappa shape index (κ2) is 8.96. The molecule has 8 nitrogen and oxygen atoms in total. The Kier molecular flexibility index (Phi) is 6.18. The second-order valence-electron chi connectivity index (χ2n) is 5.57. The lowest BCUT2D eigenvalue weighted by Gasteiger charge is -2.09. The van der Waals surface area contributed by atoms with E-state index in [1.54, 1.807) is 30.5 Å². The molecule has 28 heavy (non-hydrogen) atoms. The van der Waals surface area contributed by atoms with E-state index < -0.39 is 12.6 Å². The van der Waals surface area contributed by atoms with Crippen LogP contribution in [0.15, 0.2) is 53.6 Å². The predicted molar refractivity (Wildman–Crippen MR) is 104 cm³/mol. The van der Waals surface area contributed by atoms with Crippen molar-refractivity contribution in [1.29, 1.82) is 0 Å². The molecule has 0 bridgehead atoms. The van der Waals surface area contributed by atoms with Crippen molar-refractivity contribution in [2.45, 2.75) is 6.92 Å². The van der Waals surface area contributed by atoms with Crippen molar-refractivity contribution in [3.05, 3.63) is 58.9 Å². The molecule has 0 saturated carbocycles. The normalized spacial score (nSPS) is 10.9. The Morgan fingerprint density at radius 2 is 2.00 bits per heavy atom. The third kappa shape index (κ3) is 4.63. The first kappa shape index (κ1) is 19.3. The maximum atomic E-state index is 10.4. The highest BCUT2D eigenvalue weighted by Gasteiger charge is 2.13. The summed E-state index contributed by atoms with van der Waals surface area (Å²) in [5.41, 5.74) is 1.54. The Labute approximate surface area is 166 Å². The maximum Gasteiger partial charge on any atom is 0.216 e. The molecule has 0 aliphatic rings. The molecule has 2 aromatic carbocycles. The molecule has 0 aliphatic heterocycles. The van der Waals surface area contributed by atoms with Gasteiger partial charge in [-0.3, -0.25) is 0 Å². The molecule has 3 aromatic rings. The number of aromatic nitrogens is 3. The van der Waals surface area contributed by atoms with Gasteiger partial charge in [-0.1, -0.05) is 12.1 Å². The number of hydrogen-bond donors (Lipinski definition) is 1. The predicted octanol–water partition coefficient (Wildman–Crippen LogP) is 2.02. The first-order valence-electron chi connectivity index (χ1n) is 8.45. The van der Waals surface area contributed by atoms with Gasteiger partial charge in [-0.25, -0.2) is 5.10 Å². The molecule has 0 aliphatic carbocycles. The van der Waals surface area contributed by atoms with Crippen LogP contribution in [0.2, 0.25) is 0 Å².